The molecule has 1 aliphatic heterocycles. The Kier molecular flexibility index (Phi) is 5.85. The van der Waals surface area contributed by atoms with E-state index in [0.717, 1.165) is 35.3 Å². The van der Waals surface area contributed by atoms with Crippen molar-refractivity contribution in [1.29, 1.82) is 0 Å². The first-order valence-corrected chi connectivity index (χ1v) is 11.5. The van der Waals surface area contributed by atoms with Crippen LogP contribution in [0.2, 0.25) is 0 Å². The number of carbonyl (C=O) groups excluding carboxylic acids is 2. The topological polar surface area (TPSA) is 72.9 Å². The Hall–Kier alpha value is -4.72. The lowest BCUT2D eigenvalue weighted by molar-refractivity contribution is 0.111. The summed E-state index contributed by atoms with van der Waals surface area (Å²) in [7, 11) is 7.65. The smallest absolute Gasteiger partial charge is 0.153 e. The number of fused-ring (bicyclic) bond motifs is 8. The molecule has 0 radical (unpaired) electrons. The molecule has 8 bridgehead atoms. The molecule has 1 aliphatic rings. The molecule has 0 saturated carbocycles. The van der Waals surface area contributed by atoms with Gasteiger partial charge in [-0.3, -0.25) is 9.59 Å². The summed E-state index contributed by atoms with van der Waals surface area (Å²) in [5, 5.41) is 0. The lowest BCUT2D eigenvalue weighted by atomic mass is 10.2. The van der Waals surface area contributed by atoms with Gasteiger partial charge in [0.15, 0.2) is 12.6 Å². The molecule has 0 aliphatic carbocycles. The highest BCUT2D eigenvalue weighted by Gasteiger charge is 2.19. The zero-order valence-electron chi connectivity index (χ0n) is 20.6. The van der Waals surface area contributed by atoms with Crippen LogP contribution in [0.3, 0.4) is 0 Å². The van der Waals surface area contributed by atoms with E-state index in [1.165, 1.54) is 0 Å². The predicted molar refractivity (Wildman–Crippen MR) is 144 cm³/mol. The second kappa shape index (κ2) is 9.14. The SMILES string of the molecule is CN1c2cccc(c2)N(C)c2nc(ccc2C=O)N(C)c2cccc(c2)N(C)c2nc1ccc2C=O. The van der Waals surface area contributed by atoms with Crippen LogP contribution in [0.15, 0.2) is 72.8 Å². The van der Waals surface area contributed by atoms with E-state index in [1.807, 2.05) is 108 Å². The van der Waals surface area contributed by atoms with Crippen LogP contribution in [-0.4, -0.2) is 50.7 Å². The van der Waals surface area contributed by atoms with Crippen molar-refractivity contribution in [2.45, 2.75) is 0 Å². The van der Waals surface area contributed by atoms with E-state index in [0.29, 0.717) is 34.4 Å². The van der Waals surface area contributed by atoms with Gasteiger partial charge in [-0.2, -0.15) is 0 Å². The minimum atomic E-state index is 0.499. The van der Waals surface area contributed by atoms with Crippen LogP contribution >= 0.6 is 0 Å². The maximum atomic E-state index is 11.9. The van der Waals surface area contributed by atoms with Gasteiger partial charge in [0.2, 0.25) is 0 Å². The van der Waals surface area contributed by atoms with Gasteiger partial charge >= 0.3 is 0 Å². The minimum Gasteiger partial charge on any atom is -0.329 e. The Morgan fingerprint density at radius 1 is 0.528 bits per heavy atom. The zero-order valence-corrected chi connectivity index (χ0v) is 20.6. The monoisotopic (exact) mass is 478 g/mol. The predicted octanol–water partition coefficient (Wildman–Crippen LogP) is 5.49. The Bertz CT molecular complexity index is 1360. The molecule has 3 heterocycles. The molecule has 8 heteroatoms. The van der Waals surface area contributed by atoms with Gasteiger partial charge in [0.05, 0.1) is 11.1 Å². The Morgan fingerprint density at radius 3 is 1.25 bits per heavy atom. The highest BCUT2D eigenvalue weighted by atomic mass is 16.1. The molecule has 0 amide bonds. The van der Waals surface area contributed by atoms with Gasteiger partial charge in [-0.1, -0.05) is 12.1 Å². The third kappa shape index (κ3) is 3.92. The number of rotatable bonds is 2. The van der Waals surface area contributed by atoms with Crippen LogP contribution in [0, 0.1) is 0 Å². The molecular formula is C28H26N6O2. The summed E-state index contributed by atoms with van der Waals surface area (Å²) in [5.41, 5.74) is 4.53. The van der Waals surface area contributed by atoms with Crippen molar-refractivity contribution in [3.8, 4) is 0 Å². The van der Waals surface area contributed by atoms with Gasteiger partial charge < -0.3 is 19.6 Å². The van der Waals surface area contributed by atoms with E-state index in [2.05, 4.69) is 0 Å². The maximum absolute atomic E-state index is 11.9. The molecular weight excluding hydrogens is 452 g/mol. The largest absolute Gasteiger partial charge is 0.329 e. The van der Waals surface area contributed by atoms with Crippen LogP contribution in [0.4, 0.5) is 46.0 Å². The number of benzene rings is 2. The number of aromatic nitrogens is 2. The summed E-state index contributed by atoms with van der Waals surface area (Å²) in [4.78, 5) is 41.2. The Balaban J connectivity index is 1.77. The molecule has 0 saturated heterocycles. The van der Waals surface area contributed by atoms with Crippen molar-refractivity contribution in [3.05, 3.63) is 83.9 Å². The van der Waals surface area contributed by atoms with Crippen molar-refractivity contribution >= 4 is 58.6 Å². The number of hydrogen-bond donors (Lipinski definition) is 0. The van der Waals surface area contributed by atoms with Gasteiger partial charge in [-0.15, -0.1) is 0 Å². The van der Waals surface area contributed by atoms with E-state index in [-0.39, 0.29) is 0 Å². The van der Waals surface area contributed by atoms with Crippen molar-refractivity contribution in [2.75, 3.05) is 47.8 Å². The van der Waals surface area contributed by atoms with Gasteiger partial charge in [0, 0.05) is 50.9 Å². The Morgan fingerprint density at radius 2 is 0.889 bits per heavy atom. The Labute approximate surface area is 210 Å². The van der Waals surface area contributed by atoms with Crippen molar-refractivity contribution in [2.24, 2.45) is 0 Å². The standard InChI is InChI=1S/C28H26N6O2/c1-31-21-7-5-9-23(15-21)33(3)28-20(18-36)12-14-26(30-28)32(2)22-8-6-10-24(16-22)34(4)27-19(17-35)11-13-25(31)29-27/h5-18H,1-4H3. The third-order valence-electron chi connectivity index (χ3n) is 6.57. The summed E-state index contributed by atoms with van der Waals surface area (Å²) in [5.74, 6) is 2.50. The quantitative estimate of drug-likeness (QED) is 0.351. The van der Waals surface area contributed by atoms with Crippen LogP contribution in [0.5, 0.6) is 0 Å². The van der Waals surface area contributed by atoms with E-state index in [9.17, 15) is 9.59 Å². The molecule has 0 fully saturated rings. The van der Waals surface area contributed by atoms with Crippen molar-refractivity contribution in [3.63, 3.8) is 0 Å². The molecule has 0 N–H and O–H groups in total. The zero-order chi connectivity index (χ0) is 25.4. The number of hydrogen-bond acceptors (Lipinski definition) is 8. The highest BCUT2D eigenvalue weighted by Crippen LogP contribution is 2.35. The van der Waals surface area contributed by atoms with Crippen LogP contribution in [0.25, 0.3) is 0 Å². The van der Waals surface area contributed by atoms with Crippen molar-refractivity contribution < 1.29 is 9.59 Å². The lowest BCUT2D eigenvalue weighted by Crippen LogP contribution is -2.20. The molecule has 180 valence electrons. The maximum Gasteiger partial charge on any atom is 0.153 e. The van der Waals surface area contributed by atoms with Gasteiger partial charge in [-0.05, 0) is 60.7 Å². The molecule has 2 aromatic carbocycles. The fourth-order valence-electron chi connectivity index (χ4n) is 4.32. The fourth-order valence-corrected chi connectivity index (χ4v) is 4.32. The number of pyridine rings is 2. The van der Waals surface area contributed by atoms with Crippen LogP contribution < -0.4 is 19.6 Å². The van der Waals surface area contributed by atoms with Crippen LogP contribution in [0.1, 0.15) is 20.7 Å². The first kappa shape index (κ1) is 23.0. The number of anilines is 8. The third-order valence-corrected chi connectivity index (χ3v) is 6.57. The molecule has 0 atom stereocenters. The summed E-state index contributed by atoms with van der Waals surface area (Å²) < 4.78 is 0. The average Bonchev–Trinajstić information content (AvgIpc) is 2.94. The van der Waals surface area contributed by atoms with E-state index in [1.54, 1.807) is 12.1 Å². The van der Waals surface area contributed by atoms with Gasteiger partial charge in [0.1, 0.15) is 23.3 Å². The van der Waals surface area contributed by atoms with E-state index >= 15 is 0 Å². The van der Waals surface area contributed by atoms with Crippen LogP contribution in [-0.2, 0) is 0 Å². The molecule has 8 nitrogen and oxygen atoms in total. The number of aldehydes is 2. The molecule has 0 spiro atoms. The van der Waals surface area contributed by atoms with E-state index < -0.39 is 0 Å². The van der Waals surface area contributed by atoms with Gasteiger partial charge in [0.25, 0.3) is 0 Å². The summed E-state index contributed by atoms with van der Waals surface area (Å²) >= 11 is 0. The lowest BCUT2D eigenvalue weighted by Gasteiger charge is -2.28. The molecule has 36 heavy (non-hydrogen) atoms. The second-order valence-corrected chi connectivity index (χ2v) is 8.68. The molecule has 2 aromatic heterocycles. The first-order valence-electron chi connectivity index (χ1n) is 11.5. The molecule has 5 rings (SSSR count). The average molecular weight is 479 g/mol. The molecule has 0 unspecified atom stereocenters. The first-order chi connectivity index (χ1) is 17.4. The van der Waals surface area contributed by atoms with Crippen molar-refractivity contribution in [1.82, 2.24) is 9.97 Å². The van der Waals surface area contributed by atoms with E-state index in [4.69, 9.17) is 9.97 Å². The summed E-state index contributed by atoms with van der Waals surface area (Å²) in [6, 6.07) is 23.1. The summed E-state index contributed by atoms with van der Waals surface area (Å²) in [6.45, 7) is 0. The normalized spacial score (nSPS) is 13.0. The fraction of sp³-hybridized carbons (Fsp3) is 0.143. The second-order valence-electron chi connectivity index (χ2n) is 8.68. The number of nitrogens with zero attached hydrogens (tertiary/aromatic N) is 6. The molecule has 4 aromatic rings. The highest BCUT2D eigenvalue weighted by molar-refractivity contribution is 5.88. The minimum absolute atomic E-state index is 0.499. The number of carbonyl (C=O) groups is 2. The van der Waals surface area contributed by atoms with Gasteiger partial charge in [-0.25, -0.2) is 9.97 Å². The summed E-state index contributed by atoms with van der Waals surface area (Å²) in [6.07, 6.45) is 1.65.